The third-order valence-corrected chi connectivity index (χ3v) is 9.09. The van der Waals surface area contributed by atoms with Gasteiger partial charge in [-0.2, -0.15) is 0 Å². The number of β-amino-alcohol motifs (C(OH)–C–C–N with tert-alkyl or cyclic N) is 1. The van der Waals surface area contributed by atoms with Crippen molar-refractivity contribution in [2.75, 3.05) is 31.7 Å². The normalized spacial score (nSPS) is 26.7. The minimum absolute atomic E-state index is 0.000714. The van der Waals surface area contributed by atoms with E-state index < -0.39 is 66.8 Å². The van der Waals surface area contributed by atoms with Crippen molar-refractivity contribution in [1.29, 1.82) is 0 Å². The number of halogens is 4. The molecule has 2 aliphatic heterocycles. The molecule has 2 aliphatic rings. The summed E-state index contributed by atoms with van der Waals surface area (Å²) in [6.45, 7) is 2.02. The highest BCUT2D eigenvalue weighted by molar-refractivity contribution is 9.11. The number of carbonyl (C=O) groups excluding carboxylic acids is 2. The zero-order valence-electron chi connectivity index (χ0n) is 24.3. The summed E-state index contributed by atoms with van der Waals surface area (Å²) in [4.78, 5) is 29.5. The quantitative estimate of drug-likeness (QED) is 0.330. The number of hydrogen-bond donors (Lipinski definition) is 3. The molecule has 45 heavy (non-hydrogen) atoms. The molecule has 2 saturated heterocycles. The zero-order valence-corrected chi connectivity index (χ0v) is 27.5. The van der Waals surface area contributed by atoms with E-state index in [9.17, 15) is 33.7 Å². The third kappa shape index (κ3) is 6.54. The van der Waals surface area contributed by atoms with Crippen molar-refractivity contribution < 1.29 is 43.2 Å². The number of aliphatic hydroxyl groups is 3. The van der Waals surface area contributed by atoms with E-state index in [4.69, 9.17) is 9.47 Å². The standard InChI is InChI=1S/C29H31Br2F2N5O7/c1-13-19(32)4-15(5-20(13)33)21-9-37(35-34-21)25-26(42)24(12-39)45-28(27(25)44-3)29(43)38(18-7-16(30)6-17(31)8-18)22-10-36(14(2)40)11-23(22)41/h4-9,22-28,39,41-42H,10-12H2,1-3H3/t22-,23-,24?,25?,26?,27?,28?/m1/s1. The topological polar surface area (TPSA) is 150 Å². The first kappa shape index (κ1) is 33.5. The predicted molar refractivity (Wildman–Crippen MR) is 163 cm³/mol. The molecule has 2 aromatic carbocycles. The molecule has 2 fully saturated rings. The molecule has 3 N–H and O–H groups in total. The summed E-state index contributed by atoms with van der Waals surface area (Å²) < 4.78 is 42.8. The summed E-state index contributed by atoms with van der Waals surface area (Å²) in [7, 11) is 1.30. The van der Waals surface area contributed by atoms with E-state index in [1.807, 2.05) is 0 Å². The lowest BCUT2D eigenvalue weighted by atomic mass is 9.91. The molecule has 0 bridgehead atoms. The van der Waals surface area contributed by atoms with Crippen LogP contribution in [0.2, 0.25) is 0 Å². The van der Waals surface area contributed by atoms with Gasteiger partial charge in [-0.3, -0.25) is 9.59 Å². The number of ether oxygens (including phenoxy) is 2. The van der Waals surface area contributed by atoms with Crippen LogP contribution in [-0.2, 0) is 19.1 Å². The van der Waals surface area contributed by atoms with Gasteiger partial charge in [0.25, 0.3) is 5.91 Å². The second-order valence-corrected chi connectivity index (χ2v) is 12.8. The summed E-state index contributed by atoms with van der Waals surface area (Å²) in [5, 5.41) is 40.6. The lowest BCUT2D eigenvalue weighted by Gasteiger charge is -2.45. The van der Waals surface area contributed by atoms with Crippen molar-refractivity contribution in [3.8, 4) is 11.3 Å². The maximum Gasteiger partial charge on any atom is 0.259 e. The Balaban J connectivity index is 1.56. The smallest absolute Gasteiger partial charge is 0.259 e. The van der Waals surface area contributed by atoms with Crippen LogP contribution in [0.4, 0.5) is 14.5 Å². The predicted octanol–water partition coefficient (Wildman–Crippen LogP) is 2.36. The van der Waals surface area contributed by atoms with Crippen LogP contribution in [0.3, 0.4) is 0 Å². The van der Waals surface area contributed by atoms with E-state index in [1.54, 1.807) is 18.2 Å². The summed E-state index contributed by atoms with van der Waals surface area (Å²) in [5.74, 6) is -2.51. The van der Waals surface area contributed by atoms with E-state index in [0.717, 1.165) is 12.1 Å². The van der Waals surface area contributed by atoms with Gasteiger partial charge in [0.05, 0.1) is 24.9 Å². The fourth-order valence-corrected chi connectivity index (χ4v) is 7.05. The van der Waals surface area contributed by atoms with E-state index in [1.165, 1.54) is 41.6 Å². The fourth-order valence-electron chi connectivity index (χ4n) is 5.79. The summed E-state index contributed by atoms with van der Waals surface area (Å²) in [5.41, 5.74) is 0.395. The first-order chi connectivity index (χ1) is 21.3. The molecule has 242 valence electrons. The van der Waals surface area contributed by atoms with Crippen LogP contribution < -0.4 is 4.90 Å². The number of hydrogen-bond acceptors (Lipinski definition) is 9. The molecule has 3 heterocycles. The second-order valence-electron chi connectivity index (χ2n) is 11.0. The van der Waals surface area contributed by atoms with Gasteiger partial charge in [0.2, 0.25) is 5.91 Å². The van der Waals surface area contributed by atoms with Gasteiger partial charge >= 0.3 is 0 Å². The van der Waals surface area contributed by atoms with Crippen molar-refractivity contribution in [1.82, 2.24) is 19.9 Å². The highest BCUT2D eigenvalue weighted by atomic mass is 79.9. The van der Waals surface area contributed by atoms with Gasteiger partial charge in [-0.15, -0.1) is 5.10 Å². The lowest BCUT2D eigenvalue weighted by Crippen LogP contribution is -2.63. The number of nitrogens with zero attached hydrogens (tertiary/aromatic N) is 5. The molecule has 1 aromatic heterocycles. The average Bonchev–Trinajstić information content (AvgIpc) is 3.62. The molecule has 16 heteroatoms. The molecule has 12 nitrogen and oxygen atoms in total. The maximum atomic E-state index is 14.6. The molecule has 5 unspecified atom stereocenters. The Hall–Kier alpha value is -2.86. The number of aliphatic hydroxyl groups excluding tert-OH is 3. The number of methoxy groups -OCH3 is 1. The zero-order chi connectivity index (χ0) is 32.7. The molecule has 3 aromatic rings. The van der Waals surface area contributed by atoms with Gasteiger partial charge in [0.1, 0.15) is 41.7 Å². The van der Waals surface area contributed by atoms with Gasteiger partial charge in [0, 0.05) is 52.9 Å². The summed E-state index contributed by atoms with van der Waals surface area (Å²) in [6, 6.07) is 5.26. The highest BCUT2D eigenvalue weighted by Gasteiger charge is 2.52. The van der Waals surface area contributed by atoms with Crippen molar-refractivity contribution in [2.45, 2.75) is 56.5 Å². The Morgan fingerprint density at radius 1 is 1.11 bits per heavy atom. The number of rotatable bonds is 7. The van der Waals surface area contributed by atoms with E-state index in [2.05, 4.69) is 42.2 Å². The number of anilines is 1. The molecular formula is C29H31Br2F2N5O7. The van der Waals surface area contributed by atoms with Crippen LogP contribution in [0.1, 0.15) is 18.5 Å². The lowest BCUT2D eigenvalue weighted by molar-refractivity contribution is -0.211. The average molecular weight is 759 g/mol. The number of carbonyl (C=O) groups is 2. The fraction of sp³-hybridized carbons (Fsp3) is 0.448. The second kappa shape index (κ2) is 13.5. The van der Waals surface area contributed by atoms with Crippen molar-refractivity contribution in [3.63, 3.8) is 0 Å². The Kier molecular flexibility index (Phi) is 10.0. The Morgan fingerprint density at radius 3 is 2.31 bits per heavy atom. The van der Waals surface area contributed by atoms with Gasteiger partial charge in [-0.25, -0.2) is 13.5 Å². The Bertz CT molecular complexity index is 1550. The Morgan fingerprint density at radius 2 is 1.76 bits per heavy atom. The molecule has 0 saturated carbocycles. The van der Waals surface area contributed by atoms with Gasteiger partial charge in [-0.05, 0) is 37.3 Å². The summed E-state index contributed by atoms with van der Waals surface area (Å²) in [6.07, 6.45) is -5.18. The molecule has 0 spiro atoms. The largest absolute Gasteiger partial charge is 0.394 e. The van der Waals surface area contributed by atoms with Crippen LogP contribution >= 0.6 is 31.9 Å². The van der Waals surface area contributed by atoms with Crippen molar-refractivity contribution >= 4 is 49.4 Å². The van der Waals surface area contributed by atoms with Crippen LogP contribution in [-0.4, -0.2) is 110 Å². The van der Waals surface area contributed by atoms with Gasteiger partial charge in [0.15, 0.2) is 6.10 Å². The minimum Gasteiger partial charge on any atom is -0.394 e. The van der Waals surface area contributed by atoms with E-state index in [-0.39, 0.29) is 35.8 Å². The number of likely N-dealkylation sites (tertiary alicyclic amines) is 1. The van der Waals surface area contributed by atoms with Gasteiger partial charge < -0.3 is 34.6 Å². The summed E-state index contributed by atoms with van der Waals surface area (Å²) >= 11 is 6.86. The number of amides is 2. The van der Waals surface area contributed by atoms with Crippen molar-refractivity contribution in [3.05, 3.63) is 62.7 Å². The molecule has 0 aliphatic carbocycles. The van der Waals surface area contributed by atoms with Crippen molar-refractivity contribution in [2.24, 2.45) is 0 Å². The number of benzene rings is 2. The monoisotopic (exact) mass is 757 g/mol. The van der Waals surface area contributed by atoms with Gasteiger partial charge in [-0.1, -0.05) is 37.1 Å². The molecule has 0 radical (unpaired) electrons. The first-order valence-corrected chi connectivity index (χ1v) is 15.5. The van der Waals surface area contributed by atoms with Crippen LogP contribution in [0.5, 0.6) is 0 Å². The molecule has 7 atom stereocenters. The Labute approximate surface area is 273 Å². The maximum absolute atomic E-state index is 14.6. The highest BCUT2D eigenvalue weighted by Crippen LogP contribution is 2.37. The number of aromatic nitrogens is 3. The van der Waals surface area contributed by atoms with Crippen LogP contribution in [0.25, 0.3) is 11.3 Å². The van der Waals surface area contributed by atoms with E-state index in [0.29, 0.717) is 14.6 Å². The first-order valence-electron chi connectivity index (χ1n) is 13.9. The SMILES string of the molecule is COC1C(C(=O)N(c2cc(Br)cc(Br)c2)[C@@H]2CN(C(C)=O)C[C@H]2O)OC(CO)C(O)C1n1cc(-c2cc(F)c(C)c(F)c2)nn1. The molecular weight excluding hydrogens is 728 g/mol. The van der Waals surface area contributed by atoms with Crippen LogP contribution in [0.15, 0.2) is 45.5 Å². The van der Waals surface area contributed by atoms with Crippen LogP contribution in [0, 0.1) is 18.6 Å². The van der Waals surface area contributed by atoms with E-state index >= 15 is 0 Å². The minimum atomic E-state index is -1.46. The molecule has 2 amide bonds. The third-order valence-electron chi connectivity index (χ3n) is 8.17. The molecule has 5 rings (SSSR count).